The molecule has 1 saturated heterocycles. The number of likely N-dealkylation sites (tertiary alicyclic amines) is 1. The van der Waals surface area contributed by atoms with Crippen LogP contribution in [0.1, 0.15) is 26.7 Å². The zero-order chi connectivity index (χ0) is 15.9. The van der Waals surface area contributed by atoms with Crippen molar-refractivity contribution in [1.82, 2.24) is 19.7 Å². The van der Waals surface area contributed by atoms with Crippen LogP contribution in [0.2, 0.25) is 5.15 Å². The van der Waals surface area contributed by atoms with Crippen LogP contribution in [0.3, 0.4) is 0 Å². The van der Waals surface area contributed by atoms with Crippen molar-refractivity contribution >= 4 is 28.8 Å². The van der Waals surface area contributed by atoms with E-state index in [2.05, 4.69) is 10.1 Å². The molecule has 0 N–H and O–H groups in total. The fourth-order valence-corrected chi connectivity index (χ4v) is 3.56. The van der Waals surface area contributed by atoms with Gasteiger partial charge in [-0.2, -0.15) is 5.10 Å². The van der Waals surface area contributed by atoms with Crippen molar-refractivity contribution in [3.05, 3.63) is 33.0 Å². The Morgan fingerprint density at radius 2 is 2.27 bits per heavy atom. The zero-order valence-electron chi connectivity index (χ0n) is 11.7. The van der Waals surface area contributed by atoms with Gasteiger partial charge in [-0.05, 0) is 17.9 Å². The lowest BCUT2D eigenvalue weighted by Crippen LogP contribution is -2.50. The first-order chi connectivity index (χ1) is 10.4. The molecule has 1 fully saturated rings. The van der Waals surface area contributed by atoms with E-state index >= 15 is 0 Å². The van der Waals surface area contributed by atoms with Gasteiger partial charge in [0.05, 0.1) is 6.20 Å². The van der Waals surface area contributed by atoms with Crippen molar-refractivity contribution in [3.63, 3.8) is 0 Å². The lowest BCUT2D eigenvalue weighted by molar-refractivity contribution is 0.0501. The second-order valence-corrected chi connectivity index (χ2v) is 6.67. The van der Waals surface area contributed by atoms with E-state index in [-0.39, 0.29) is 20.9 Å². The van der Waals surface area contributed by atoms with Crippen molar-refractivity contribution in [2.24, 2.45) is 13.0 Å². The van der Waals surface area contributed by atoms with Crippen LogP contribution in [-0.2, 0) is 13.5 Å². The first-order valence-corrected chi connectivity index (χ1v) is 7.84. The lowest BCUT2D eigenvalue weighted by Gasteiger charge is -2.38. The van der Waals surface area contributed by atoms with Gasteiger partial charge in [0.25, 0.3) is 12.3 Å². The molecule has 3 heterocycles. The number of carbonyl (C=O) groups is 1. The Morgan fingerprint density at radius 3 is 2.82 bits per heavy atom. The molecule has 22 heavy (non-hydrogen) atoms. The Hall–Kier alpha value is -1.54. The van der Waals surface area contributed by atoms with E-state index in [0.717, 1.165) is 12.0 Å². The molecule has 118 valence electrons. The molecule has 1 aliphatic rings. The molecule has 9 heteroatoms. The number of rotatable bonds is 4. The molecule has 0 atom stereocenters. The normalized spacial score (nSPS) is 15.4. The van der Waals surface area contributed by atoms with E-state index in [4.69, 9.17) is 11.6 Å². The Balaban J connectivity index is 1.58. The standard InChI is InChI=1S/C13H13ClF2N4OS/c1-19-4-7(3-17-19)2-8-5-20(6-8)13(21)12-18-10(14)9(22-12)11(15)16/h3-4,8,11H,2,5-6H2,1H3. The number of carbonyl (C=O) groups excluding carboxylic acids is 1. The van der Waals surface area contributed by atoms with E-state index in [1.807, 2.05) is 13.2 Å². The van der Waals surface area contributed by atoms with Gasteiger partial charge in [-0.15, -0.1) is 11.3 Å². The maximum atomic E-state index is 12.7. The fraction of sp³-hybridized carbons (Fsp3) is 0.462. The molecule has 2 aromatic rings. The predicted molar refractivity (Wildman–Crippen MR) is 78.4 cm³/mol. The van der Waals surface area contributed by atoms with Crippen LogP contribution >= 0.6 is 22.9 Å². The summed E-state index contributed by atoms with van der Waals surface area (Å²) in [4.78, 5) is 17.2. The van der Waals surface area contributed by atoms with Gasteiger partial charge in [-0.25, -0.2) is 13.8 Å². The molecular formula is C13H13ClF2N4OS. The summed E-state index contributed by atoms with van der Waals surface area (Å²) in [7, 11) is 1.85. The summed E-state index contributed by atoms with van der Waals surface area (Å²) < 4.78 is 27.1. The number of amides is 1. The molecule has 0 aromatic carbocycles. The Morgan fingerprint density at radius 1 is 1.55 bits per heavy atom. The number of aryl methyl sites for hydroxylation is 1. The van der Waals surface area contributed by atoms with E-state index in [1.54, 1.807) is 15.8 Å². The highest BCUT2D eigenvalue weighted by atomic mass is 35.5. The maximum absolute atomic E-state index is 12.7. The molecule has 0 bridgehead atoms. The molecule has 1 aliphatic heterocycles. The summed E-state index contributed by atoms with van der Waals surface area (Å²) in [6.45, 7) is 1.18. The average Bonchev–Trinajstić information content (AvgIpc) is 2.99. The van der Waals surface area contributed by atoms with Gasteiger partial charge in [0.2, 0.25) is 0 Å². The monoisotopic (exact) mass is 346 g/mol. The number of halogens is 3. The molecule has 3 rings (SSSR count). The van der Waals surface area contributed by atoms with Crippen LogP contribution in [0.5, 0.6) is 0 Å². The van der Waals surface area contributed by atoms with E-state index in [9.17, 15) is 13.6 Å². The predicted octanol–water partition coefficient (Wildman–Crippen LogP) is 2.78. The molecule has 0 spiro atoms. The van der Waals surface area contributed by atoms with Crippen molar-refractivity contribution < 1.29 is 13.6 Å². The summed E-state index contributed by atoms with van der Waals surface area (Å²) in [5, 5.41) is 3.85. The summed E-state index contributed by atoms with van der Waals surface area (Å²) in [5.41, 5.74) is 1.12. The van der Waals surface area contributed by atoms with Crippen LogP contribution in [0.15, 0.2) is 12.4 Å². The van der Waals surface area contributed by atoms with Crippen molar-refractivity contribution in [2.45, 2.75) is 12.8 Å². The van der Waals surface area contributed by atoms with Gasteiger partial charge < -0.3 is 4.90 Å². The highest BCUT2D eigenvalue weighted by Crippen LogP contribution is 2.33. The van der Waals surface area contributed by atoms with Crippen LogP contribution in [0, 0.1) is 5.92 Å². The molecular weight excluding hydrogens is 334 g/mol. The number of alkyl halides is 2. The van der Waals surface area contributed by atoms with E-state index in [0.29, 0.717) is 30.3 Å². The quantitative estimate of drug-likeness (QED) is 0.855. The van der Waals surface area contributed by atoms with Crippen LogP contribution in [-0.4, -0.2) is 38.7 Å². The Bertz CT molecular complexity index is 696. The third-order valence-electron chi connectivity index (χ3n) is 3.52. The number of thiazole rings is 1. The number of aromatic nitrogens is 3. The van der Waals surface area contributed by atoms with Crippen molar-refractivity contribution in [1.29, 1.82) is 0 Å². The third-order valence-corrected chi connectivity index (χ3v) is 4.97. The smallest absolute Gasteiger partial charge is 0.282 e. The van der Waals surface area contributed by atoms with Gasteiger partial charge in [0.15, 0.2) is 5.01 Å². The molecule has 5 nitrogen and oxygen atoms in total. The highest BCUT2D eigenvalue weighted by molar-refractivity contribution is 7.14. The van der Waals surface area contributed by atoms with Crippen LogP contribution in [0.25, 0.3) is 0 Å². The number of hydrogen-bond donors (Lipinski definition) is 0. The molecule has 0 radical (unpaired) electrons. The molecule has 0 saturated carbocycles. The number of nitrogens with zero attached hydrogens (tertiary/aromatic N) is 4. The SMILES string of the molecule is Cn1cc(CC2CN(C(=O)c3nc(Cl)c(C(F)F)s3)C2)cn1. The zero-order valence-corrected chi connectivity index (χ0v) is 13.2. The van der Waals surface area contributed by atoms with Gasteiger partial charge in [0, 0.05) is 26.3 Å². The van der Waals surface area contributed by atoms with Crippen molar-refractivity contribution in [3.8, 4) is 0 Å². The van der Waals surface area contributed by atoms with Gasteiger partial charge in [-0.1, -0.05) is 11.6 Å². The maximum Gasteiger partial charge on any atom is 0.282 e. The Labute approximate surface area is 134 Å². The minimum absolute atomic E-state index is 0.0279. The molecule has 2 aromatic heterocycles. The summed E-state index contributed by atoms with van der Waals surface area (Å²) >= 11 is 6.29. The topological polar surface area (TPSA) is 51.0 Å². The minimum atomic E-state index is -2.71. The van der Waals surface area contributed by atoms with Crippen molar-refractivity contribution in [2.75, 3.05) is 13.1 Å². The first-order valence-electron chi connectivity index (χ1n) is 6.65. The average molecular weight is 347 g/mol. The molecule has 0 unspecified atom stereocenters. The summed E-state index contributed by atoms with van der Waals surface area (Å²) in [6, 6.07) is 0. The summed E-state index contributed by atoms with van der Waals surface area (Å²) in [6.07, 6.45) is 1.89. The Kier molecular flexibility index (Phi) is 4.14. The largest absolute Gasteiger partial charge is 0.336 e. The number of hydrogen-bond acceptors (Lipinski definition) is 4. The van der Waals surface area contributed by atoms with Crippen LogP contribution in [0.4, 0.5) is 8.78 Å². The third kappa shape index (κ3) is 2.98. The van der Waals surface area contributed by atoms with Gasteiger partial charge >= 0.3 is 0 Å². The minimum Gasteiger partial charge on any atom is -0.336 e. The van der Waals surface area contributed by atoms with Crippen LogP contribution < -0.4 is 0 Å². The highest BCUT2D eigenvalue weighted by Gasteiger charge is 2.33. The lowest BCUT2D eigenvalue weighted by atomic mass is 9.93. The first kappa shape index (κ1) is 15.4. The summed E-state index contributed by atoms with van der Waals surface area (Å²) in [5.74, 6) is 0.0272. The molecule has 0 aliphatic carbocycles. The van der Waals surface area contributed by atoms with E-state index in [1.165, 1.54) is 0 Å². The van der Waals surface area contributed by atoms with Gasteiger partial charge in [-0.3, -0.25) is 9.48 Å². The van der Waals surface area contributed by atoms with E-state index < -0.39 is 6.43 Å². The molecule has 1 amide bonds. The fourth-order valence-electron chi connectivity index (χ4n) is 2.45. The van der Waals surface area contributed by atoms with Gasteiger partial charge in [0.1, 0.15) is 10.0 Å². The second kappa shape index (κ2) is 5.92. The second-order valence-electron chi connectivity index (χ2n) is 5.28.